The number of aromatic nitrogens is 2. The number of rotatable bonds is 10. The molecule has 3 aromatic carbocycles. The van der Waals surface area contributed by atoms with E-state index in [-0.39, 0.29) is 17.6 Å². The Morgan fingerprint density at radius 2 is 1.71 bits per heavy atom. The summed E-state index contributed by atoms with van der Waals surface area (Å²) in [4.78, 5) is 35.7. The number of ether oxygens (including phenoxy) is 1. The first kappa shape index (κ1) is 28.8. The van der Waals surface area contributed by atoms with Gasteiger partial charge < -0.3 is 15.4 Å². The number of pyridine rings is 2. The standard InChI is InChI=1S/C34H32N4O3S/c1-22-10-11-23(16-30(22)41-3)15-29(34(40)35-2)38-32(39)21-42-31-13-12-24-7-4-5-9-28(24)33(31)27-17-26(19-37-20-27)25-8-6-14-36-18-25/h4-14,16-20,29H,15,21H2,1-3H3,(H,35,40)(H,38,39)/t29-/m0/s1. The summed E-state index contributed by atoms with van der Waals surface area (Å²) in [6.45, 7) is 1.96. The number of thioether (sulfide) groups is 1. The van der Waals surface area contributed by atoms with Crippen LogP contribution in [0, 0.1) is 6.92 Å². The molecule has 0 bridgehead atoms. The Hall–Kier alpha value is -4.69. The first-order chi connectivity index (χ1) is 20.5. The molecule has 7 nitrogen and oxygen atoms in total. The molecule has 2 amide bonds. The molecule has 0 aliphatic carbocycles. The predicted octanol–water partition coefficient (Wildman–Crippen LogP) is 5.85. The maximum atomic E-state index is 13.2. The number of nitrogens with zero attached hydrogens (tertiary/aromatic N) is 2. The maximum Gasteiger partial charge on any atom is 0.242 e. The lowest BCUT2D eigenvalue weighted by Crippen LogP contribution is -2.47. The molecule has 0 radical (unpaired) electrons. The van der Waals surface area contributed by atoms with Gasteiger partial charge in [0, 0.05) is 65.4 Å². The largest absolute Gasteiger partial charge is 0.496 e. The van der Waals surface area contributed by atoms with Crippen LogP contribution in [0.4, 0.5) is 0 Å². The Labute approximate surface area is 249 Å². The summed E-state index contributed by atoms with van der Waals surface area (Å²) in [6.07, 6.45) is 7.59. The zero-order chi connectivity index (χ0) is 29.5. The Morgan fingerprint density at radius 3 is 2.50 bits per heavy atom. The highest BCUT2D eigenvalue weighted by Crippen LogP contribution is 2.38. The molecule has 0 unspecified atom stereocenters. The quantitative estimate of drug-likeness (QED) is 0.203. The fourth-order valence-electron chi connectivity index (χ4n) is 4.93. The number of likely N-dealkylation sites (N-methyl/N-ethyl adjacent to an activating group) is 1. The van der Waals surface area contributed by atoms with Crippen molar-refractivity contribution in [1.82, 2.24) is 20.6 Å². The van der Waals surface area contributed by atoms with Crippen molar-refractivity contribution in [2.45, 2.75) is 24.3 Å². The summed E-state index contributed by atoms with van der Waals surface area (Å²) in [6, 6.07) is 23.4. The highest BCUT2D eigenvalue weighted by Gasteiger charge is 2.21. The average Bonchev–Trinajstić information content (AvgIpc) is 3.04. The number of amides is 2. The van der Waals surface area contributed by atoms with Gasteiger partial charge in [-0.05, 0) is 53.1 Å². The van der Waals surface area contributed by atoms with Crippen LogP contribution in [0.2, 0.25) is 0 Å². The first-order valence-corrected chi connectivity index (χ1v) is 14.6. The minimum Gasteiger partial charge on any atom is -0.496 e. The number of hydrogen-bond acceptors (Lipinski definition) is 6. The second-order valence-electron chi connectivity index (χ2n) is 9.89. The molecule has 0 saturated heterocycles. The van der Waals surface area contributed by atoms with Crippen LogP contribution in [0.3, 0.4) is 0 Å². The van der Waals surface area contributed by atoms with Crippen molar-refractivity contribution >= 4 is 34.3 Å². The van der Waals surface area contributed by atoms with E-state index >= 15 is 0 Å². The van der Waals surface area contributed by atoms with Gasteiger partial charge in [-0.3, -0.25) is 19.6 Å². The zero-order valence-corrected chi connectivity index (χ0v) is 24.6. The third kappa shape index (κ3) is 6.61. The Morgan fingerprint density at radius 1 is 0.905 bits per heavy atom. The molecule has 0 aliphatic heterocycles. The van der Waals surface area contributed by atoms with Crippen LogP contribution in [0.25, 0.3) is 33.0 Å². The van der Waals surface area contributed by atoms with E-state index in [1.165, 1.54) is 11.8 Å². The van der Waals surface area contributed by atoms with Crippen molar-refractivity contribution in [3.05, 3.63) is 109 Å². The number of methoxy groups -OCH3 is 1. The highest BCUT2D eigenvalue weighted by molar-refractivity contribution is 8.00. The van der Waals surface area contributed by atoms with E-state index in [4.69, 9.17) is 4.74 Å². The van der Waals surface area contributed by atoms with Crippen molar-refractivity contribution in [3.8, 4) is 28.0 Å². The summed E-state index contributed by atoms with van der Waals surface area (Å²) in [7, 11) is 3.19. The van der Waals surface area contributed by atoms with Crippen LogP contribution < -0.4 is 15.4 Å². The molecule has 8 heteroatoms. The van der Waals surface area contributed by atoms with Gasteiger partial charge in [0.2, 0.25) is 11.8 Å². The summed E-state index contributed by atoms with van der Waals surface area (Å²) in [5.74, 6) is 0.411. The molecular formula is C34H32N4O3S. The number of benzene rings is 3. The summed E-state index contributed by atoms with van der Waals surface area (Å²) >= 11 is 1.44. The van der Waals surface area contributed by atoms with Gasteiger partial charge >= 0.3 is 0 Å². The van der Waals surface area contributed by atoms with Crippen LogP contribution in [-0.4, -0.2) is 47.7 Å². The normalized spacial score (nSPS) is 11.6. The summed E-state index contributed by atoms with van der Waals surface area (Å²) in [5.41, 5.74) is 5.81. The second kappa shape index (κ2) is 13.3. The van der Waals surface area contributed by atoms with Gasteiger partial charge in [-0.2, -0.15) is 0 Å². The fraction of sp³-hybridized carbons (Fsp3) is 0.176. The molecule has 2 N–H and O–H groups in total. The number of carbonyl (C=O) groups excluding carboxylic acids is 2. The van der Waals surface area contributed by atoms with Crippen LogP contribution in [-0.2, 0) is 16.0 Å². The molecule has 212 valence electrons. The van der Waals surface area contributed by atoms with Gasteiger partial charge in [0.05, 0.1) is 12.9 Å². The van der Waals surface area contributed by atoms with Crippen LogP contribution in [0.5, 0.6) is 5.75 Å². The SMILES string of the molecule is CNC(=O)[C@H](Cc1ccc(C)c(OC)c1)NC(=O)CSc1ccc2ccccc2c1-c1cncc(-c2cccnc2)c1. The smallest absolute Gasteiger partial charge is 0.242 e. The Kier molecular flexibility index (Phi) is 9.14. The van der Waals surface area contributed by atoms with Gasteiger partial charge in [-0.25, -0.2) is 0 Å². The lowest BCUT2D eigenvalue weighted by Gasteiger charge is -2.19. The third-order valence-corrected chi connectivity index (χ3v) is 8.14. The van der Waals surface area contributed by atoms with E-state index in [0.717, 1.165) is 54.8 Å². The lowest BCUT2D eigenvalue weighted by atomic mass is 9.97. The van der Waals surface area contributed by atoms with E-state index in [0.29, 0.717) is 6.42 Å². The topological polar surface area (TPSA) is 93.2 Å². The molecule has 0 aliphatic rings. The lowest BCUT2D eigenvalue weighted by molar-refractivity contribution is -0.127. The van der Waals surface area contributed by atoms with Gasteiger partial charge in [0.25, 0.3) is 0 Å². The summed E-state index contributed by atoms with van der Waals surface area (Å²) < 4.78 is 5.43. The molecule has 2 heterocycles. The van der Waals surface area contributed by atoms with E-state index in [1.807, 2.05) is 74.0 Å². The number of nitrogens with one attached hydrogen (secondary N) is 2. The minimum atomic E-state index is -0.716. The van der Waals surface area contributed by atoms with Gasteiger partial charge in [0.15, 0.2) is 0 Å². The number of aryl methyl sites for hydroxylation is 1. The number of fused-ring (bicyclic) bond motifs is 1. The van der Waals surface area contributed by atoms with Crippen LogP contribution in [0.1, 0.15) is 11.1 Å². The van der Waals surface area contributed by atoms with E-state index in [2.05, 4.69) is 44.9 Å². The molecule has 0 spiro atoms. The van der Waals surface area contributed by atoms with Crippen molar-refractivity contribution in [3.63, 3.8) is 0 Å². The molecule has 5 rings (SSSR count). The third-order valence-electron chi connectivity index (χ3n) is 7.08. The molecule has 5 aromatic rings. The highest BCUT2D eigenvalue weighted by atomic mass is 32.2. The molecular weight excluding hydrogens is 544 g/mol. The summed E-state index contributed by atoms with van der Waals surface area (Å²) in [5, 5.41) is 7.78. The average molecular weight is 577 g/mol. The van der Waals surface area contributed by atoms with E-state index in [9.17, 15) is 9.59 Å². The molecule has 2 aromatic heterocycles. The molecule has 0 saturated carbocycles. The maximum absolute atomic E-state index is 13.2. The van der Waals surface area contributed by atoms with Gasteiger partial charge in [0.1, 0.15) is 11.8 Å². The molecule has 1 atom stereocenters. The fourth-order valence-corrected chi connectivity index (χ4v) is 5.83. The first-order valence-electron chi connectivity index (χ1n) is 13.6. The molecule has 42 heavy (non-hydrogen) atoms. The van der Waals surface area contributed by atoms with Crippen molar-refractivity contribution in [1.29, 1.82) is 0 Å². The zero-order valence-electron chi connectivity index (χ0n) is 23.8. The van der Waals surface area contributed by atoms with E-state index in [1.54, 1.807) is 20.4 Å². The van der Waals surface area contributed by atoms with Crippen molar-refractivity contribution in [2.75, 3.05) is 19.9 Å². The monoisotopic (exact) mass is 576 g/mol. The Balaban J connectivity index is 1.39. The predicted molar refractivity (Wildman–Crippen MR) is 169 cm³/mol. The van der Waals surface area contributed by atoms with Crippen molar-refractivity contribution < 1.29 is 14.3 Å². The number of carbonyl (C=O) groups is 2. The van der Waals surface area contributed by atoms with Crippen LogP contribution >= 0.6 is 11.8 Å². The second-order valence-corrected chi connectivity index (χ2v) is 10.9. The van der Waals surface area contributed by atoms with Crippen molar-refractivity contribution in [2.24, 2.45) is 0 Å². The van der Waals surface area contributed by atoms with Crippen LogP contribution in [0.15, 0.2) is 102 Å². The Bertz CT molecular complexity index is 1730. The van der Waals surface area contributed by atoms with E-state index < -0.39 is 6.04 Å². The minimum absolute atomic E-state index is 0.145. The van der Waals surface area contributed by atoms with Gasteiger partial charge in [-0.1, -0.05) is 48.5 Å². The van der Waals surface area contributed by atoms with Gasteiger partial charge in [-0.15, -0.1) is 11.8 Å². The molecule has 0 fully saturated rings. The number of hydrogen-bond donors (Lipinski definition) is 2.